The van der Waals surface area contributed by atoms with Crippen LogP contribution in [0.5, 0.6) is 0 Å². The summed E-state index contributed by atoms with van der Waals surface area (Å²) in [4.78, 5) is 18.4. The Morgan fingerprint density at radius 3 is 3.05 bits per heavy atom. The van der Waals surface area contributed by atoms with Crippen LogP contribution < -0.4 is 5.32 Å². The molecule has 116 valence electrons. The predicted molar refractivity (Wildman–Crippen MR) is 83.4 cm³/mol. The SMILES string of the molecule is CCCN(C[C@H]1CCCCO1)C(=O)Nc1ccnc(C)c1. The number of aryl methyl sites for hydroxylation is 1. The summed E-state index contributed by atoms with van der Waals surface area (Å²) in [6, 6.07) is 3.63. The molecule has 0 unspecified atom stereocenters. The summed E-state index contributed by atoms with van der Waals surface area (Å²) in [6.07, 6.45) is 6.19. The molecule has 2 heterocycles. The van der Waals surface area contributed by atoms with Crippen LogP contribution in [0.1, 0.15) is 38.3 Å². The van der Waals surface area contributed by atoms with E-state index in [0.717, 1.165) is 43.8 Å². The van der Waals surface area contributed by atoms with Gasteiger partial charge in [-0.05, 0) is 44.7 Å². The summed E-state index contributed by atoms with van der Waals surface area (Å²) in [6.45, 7) is 6.23. The van der Waals surface area contributed by atoms with E-state index in [0.29, 0.717) is 6.54 Å². The van der Waals surface area contributed by atoms with Crippen molar-refractivity contribution in [3.8, 4) is 0 Å². The zero-order valence-electron chi connectivity index (χ0n) is 13.0. The maximum atomic E-state index is 12.4. The Labute approximate surface area is 126 Å². The van der Waals surface area contributed by atoms with Crippen molar-refractivity contribution in [2.24, 2.45) is 0 Å². The normalized spacial score (nSPS) is 18.3. The fourth-order valence-corrected chi connectivity index (χ4v) is 2.57. The zero-order valence-corrected chi connectivity index (χ0v) is 13.0. The summed E-state index contributed by atoms with van der Waals surface area (Å²) in [5.74, 6) is 0. The van der Waals surface area contributed by atoms with Crippen LogP contribution in [0.3, 0.4) is 0 Å². The lowest BCUT2D eigenvalue weighted by molar-refractivity contribution is 0.00162. The number of ether oxygens (including phenoxy) is 1. The molecule has 1 N–H and O–H groups in total. The third-order valence-corrected chi connectivity index (χ3v) is 3.63. The van der Waals surface area contributed by atoms with Gasteiger partial charge < -0.3 is 15.0 Å². The molecule has 2 amide bonds. The first kappa shape index (κ1) is 15.8. The number of pyridine rings is 1. The van der Waals surface area contributed by atoms with E-state index in [2.05, 4.69) is 17.2 Å². The van der Waals surface area contributed by atoms with Gasteiger partial charge in [-0.2, -0.15) is 0 Å². The molecule has 5 heteroatoms. The van der Waals surface area contributed by atoms with E-state index in [-0.39, 0.29) is 12.1 Å². The average molecular weight is 291 g/mol. The number of aromatic nitrogens is 1. The molecule has 0 aliphatic carbocycles. The molecule has 0 saturated carbocycles. The average Bonchev–Trinajstić information content (AvgIpc) is 2.48. The summed E-state index contributed by atoms with van der Waals surface area (Å²) in [7, 11) is 0. The molecule has 1 atom stereocenters. The molecule has 1 aromatic rings. The van der Waals surface area contributed by atoms with Crippen LogP contribution in [0.15, 0.2) is 18.3 Å². The Bertz CT molecular complexity index is 459. The minimum absolute atomic E-state index is 0.0587. The van der Waals surface area contributed by atoms with Gasteiger partial charge in [0, 0.05) is 37.3 Å². The van der Waals surface area contributed by atoms with Crippen LogP contribution in [0.4, 0.5) is 10.5 Å². The molecule has 1 aromatic heterocycles. The monoisotopic (exact) mass is 291 g/mol. The van der Waals surface area contributed by atoms with Gasteiger partial charge in [-0.25, -0.2) is 4.79 Å². The topological polar surface area (TPSA) is 54.5 Å². The first-order valence-corrected chi connectivity index (χ1v) is 7.79. The lowest BCUT2D eigenvalue weighted by Gasteiger charge is -2.30. The minimum atomic E-state index is -0.0587. The molecule has 5 nitrogen and oxygen atoms in total. The smallest absolute Gasteiger partial charge is 0.321 e. The van der Waals surface area contributed by atoms with Crippen molar-refractivity contribution < 1.29 is 9.53 Å². The van der Waals surface area contributed by atoms with Gasteiger partial charge in [0.25, 0.3) is 0 Å². The maximum Gasteiger partial charge on any atom is 0.321 e. The van der Waals surface area contributed by atoms with Gasteiger partial charge >= 0.3 is 6.03 Å². The molecule has 0 spiro atoms. The number of anilines is 1. The molecule has 2 rings (SSSR count). The number of hydrogen-bond donors (Lipinski definition) is 1. The highest BCUT2D eigenvalue weighted by atomic mass is 16.5. The van der Waals surface area contributed by atoms with Crippen LogP contribution in [0.25, 0.3) is 0 Å². The predicted octanol–water partition coefficient (Wildman–Crippen LogP) is 3.20. The van der Waals surface area contributed by atoms with Gasteiger partial charge in [0.1, 0.15) is 0 Å². The first-order chi connectivity index (χ1) is 10.2. The van der Waals surface area contributed by atoms with E-state index in [1.165, 1.54) is 6.42 Å². The Balaban J connectivity index is 1.94. The number of nitrogens with zero attached hydrogens (tertiary/aromatic N) is 2. The molecular weight excluding hydrogens is 266 g/mol. The Kier molecular flexibility index (Phi) is 5.99. The lowest BCUT2D eigenvalue weighted by atomic mass is 10.1. The minimum Gasteiger partial charge on any atom is -0.376 e. The van der Waals surface area contributed by atoms with Crippen molar-refractivity contribution in [3.63, 3.8) is 0 Å². The summed E-state index contributed by atoms with van der Waals surface area (Å²) >= 11 is 0. The first-order valence-electron chi connectivity index (χ1n) is 7.79. The third kappa shape index (κ3) is 5.01. The molecular formula is C16H25N3O2. The van der Waals surface area contributed by atoms with E-state index < -0.39 is 0 Å². The highest BCUT2D eigenvalue weighted by Crippen LogP contribution is 2.15. The number of nitrogens with one attached hydrogen (secondary N) is 1. The molecule has 21 heavy (non-hydrogen) atoms. The summed E-state index contributed by atoms with van der Waals surface area (Å²) in [5, 5.41) is 2.95. The molecule has 1 saturated heterocycles. The number of amides is 2. The van der Waals surface area contributed by atoms with Crippen LogP contribution in [0.2, 0.25) is 0 Å². The molecule has 1 aliphatic rings. The van der Waals surface area contributed by atoms with Gasteiger partial charge in [-0.15, -0.1) is 0 Å². The second-order valence-electron chi connectivity index (χ2n) is 5.55. The van der Waals surface area contributed by atoms with E-state index in [4.69, 9.17) is 4.74 Å². The highest BCUT2D eigenvalue weighted by Gasteiger charge is 2.21. The number of rotatable bonds is 5. The largest absolute Gasteiger partial charge is 0.376 e. The number of urea groups is 1. The van der Waals surface area contributed by atoms with E-state index in [1.54, 1.807) is 6.20 Å². The quantitative estimate of drug-likeness (QED) is 0.906. The summed E-state index contributed by atoms with van der Waals surface area (Å²) < 4.78 is 5.74. The maximum absolute atomic E-state index is 12.4. The zero-order chi connectivity index (χ0) is 15.1. The van der Waals surface area contributed by atoms with Crippen LogP contribution in [0, 0.1) is 6.92 Å². The van der Waals surface area contributed by atoms with E-state index in [1.807, 2.05) is 24.0 Å². The second-order valence-corrected chi connectivity index (χ2v) is 5.55. The molecule has 0 bridgehead atoms. The molecule has 1 aliphatic heterocycles. The van der Waals surface area contributed by atoms with Crippen LogP contribution >= 0.6 is 0 Å². The van der Waals surface area contributed by atoms with Crippen molar-refractivity contribution in [1.82, 2.24) is 9.88 Å². The van der Waals surface area contributed by atoms with E-state index >= 15 is 0 Å². The number of carbonyl (C=O) groups is 1. The van der Waals surface area contributed by atoms with Crippen molar-refractivity contribution in [2.75, 3.05) is 25.0 Å². The molecule has 0 aromatic carbocycles. The Hall–Kier alpha value is -1.62. The summed E-state index contributed by atoms with van der Waals surface area (Å²) in [5.41, 5.74) is 1.68. The number of carbonyl (C=O) groups excluding carboxylic acids is 1. The third-order valence-electron chi connectivity index (χ3n) is 3.63. The molecule has 1 fully saturated rings. The number of hydrogen-bond acceptors (Lipinski definition) is 3. The van der Waals surface area contributed by atoms with Gasteiger partial charge in [0.2, 0.25) is 0 Å². The Morgan fingerprint density at radius 2 is 2.38 bits per heavy atom. The molecule has 0 radical (unpaired) electrons. The van der Waals surface area contributed by atoms with Crippen LogP contribution in [-0.4, -0.2) is 41.7 Å². The lowest BCUT2D eigenvalue weighted by Crippen LogP contribution is -2.42. The van der Waals surface area contributed by atoms with Crippen molar-refractivity contribution in [1.29, 1.82) is 0 Å². The van der Waals surface area contributed by atoms with Crippen molar-refractivity contribution in [3.05, 3.63) is 24.0 Å². The fourth-order valence-electron chi connectivity index (χ4n) is 2.57. The Morgan fingerprint density at radius 1 is 1.52 bits per heavy atom. The highest BCUT2D eigenvalue weighted by molar-refractivity contribution is 5.89. The van der Waals surface area contributed by atoms with Crippen molar-refractivity contribution in [2.45, 2.75) is 45.6 Å². The van der Waals surface area contributed by atoms with Gasteiger partial charge in [-0.1, -0.05) is 6.92 Å². The standard InChI is InChI=1S/C16H25N3O2/c1-3-9-19(12-15-6-4-5-10-21-15)16(20)18-14-7-8-17-13(2)11-14/h7-8,11,15H,3-6,9-10,12H2,1-2H3,(H,17,18,20)/t15-/m1/s1. The van der Waals surface area contributed by atoms with Crippen LogP contribution in [-0.2, 0) is 4.74 Å². The van der Waals surface area contributed by atoms with Gasteiger partial charge in [0.15, 0.2) is 0 Å². The van der Waals surface area contributed by atoms with Crippen molar-refractivity contribution >= 4 is 11.7 Å². The van der Waals surface area contributed by atoms with E-state index in [9.17, 15) is 4.79 Å². The fraction of sp³-hybridized carbons (Fsp3) is 0.625. The second kappa shape index (κ2) is 7.98. The van der Waals surface area contributed by atoms with Gasteiger partial charge in [-0.3, -0.25) is 4.98 Å². The van der Waals surface area contributed by atoms with Gasteiger partial charge in [0.05, 0.1) is 6.10 Å².